The van der Waals surface area contributed by atoms with Crippen LogP contribution < -0.4 is 5.32 Å². The van der Waals surface area contributed by atoms with Crippen molar-refractivity contribution in [2.45, 2.75) is 59.8 Å². The quantitative estimate of drug-likeness (QED) is 0.481. The third-order valence-electron chi connectivity index (χ3n) is 3.19. The molecule has 0 aliphatic heterocycles. The SMILES string of the molecule is COC(=O)C(C)(C)CNCCCCCCC(C)C. The summed E-state index contributed by atoms with van der Waals surface area (Å²) in [4.78, 5) is 11.4. The van der Waals surface area contributed by atoms with Crippen molar-refractivity contribution in [3.05, 3.63) is 0 Å². The molecule has 0 aromatic rings. The van der Waals surface area contributed by atoms with Gasteiger partial charge in [-0.25, -0.2) is 0 Å². The highest BCUT2D eigenvalue weighted by Gasteiger charge is 2.27. The molecule has 18 heavy (non-hydrogen) atoms. The lowest BCUT2D eigenvalue weighted by molar-refractivity contribution is -0.150. The van der Waals surface area contributed by atoms with Crippen LogP contribution in [0, 0.1) is 11.3 Å². The Labute approximate surface area is 113 Å². The number of methoxy groups -OCH3 is 1. The highest BCUT2D eigenvalue weighted by atomic mass is 16.5. The minimum atomic E-state index is -0.424. The molecule has 1 N–H and O–H groups in total. The van der Waals surface area contributed by atoms with Crippen molar-refractivity contribution in [2.24, 2.45) is 11.3 Å². The van der Waals surface area contributed by atoms with Crippen LogP contribution in [0.5, 0.6) is 0 Å². The molecule has 0 rings (SSSR count). The number of carbonyl (C=O) groups is 1. The monoisotopic (exact) mass is 257 g/mol. The zero-order chi connectivity index (χ0) is 14.0. The van der Waals surface area contributed by atoms with Gasteiger partial charge in [0.05, 0.1) is 12.5 Å². The molecular weight excluding hydrogens is 226 g/mol. The zero-order valence-electron chi connectivity index (χ0n) is 12.8. The van der Waals surface area contributed by atoms with Crippen molar-refractivity contribution < 1.29 is 9.53 Å². The maximum Gasteiger partial charge on any atom is 0.312 e. The van der Waals surface area contributed by atoms with Gasteiger partial charge in [0.15, 0.2) is 0 Å². The fourth-order valence-electron chi connectivity index (χ4n) is 1.91. The molecule has 0 saturated heterocycles. The topological polar surface area (TPSA) is 38.3 Å². The third-order valence-corrected chi connectivity index (χ3v) is 3.19. The standard InChI is InChI=1S/C15H31NO2/c1-13(2)10-8-6-7-9-11-16-12-15(3,4)14(17)18-5/h13,16H,6-12H2,1-5H3. The maximum absolute atomic E-state index is 11.4. The lowest BCUT2D eigenvalue weighted by Gasteiger charge is -2.21. The van der Waals surface area contributed by atoms with E-state index < -0.39 is 5.41 Å². The second-order valence-corrected chi connectivity index (χ2v) is 6.15. The van der Waals surface area contributed by atoms with Gasteiger partial charge in [-0.05, 0) is 32.7 Å². The molecule has 108 valence electrons. The van der Waals surface area contributed by atoms with E-state index in [0.29, 0.717) is 6.54 Å². The summed E-state index contributed by atoms with van der Waals surface area (Å²) in [5, 5.41) is 3.34. The Bertz CT molecular complexity index is 225. The van der Waals surface area contributed by atoms with Gasteiger partial charge in [0.1, 0.15) is 0 Å². The van der Waals surface area contributed by atoms with E-state index in [9.17, 15) is 4.79 Å². The molecule has 0 spiro atoms. The van der Waals surface area contributed by atoms with Crippen LogP contribution >= 0.6 is 0 Å². The summed E-state index contributed by atoms with van der Waals surface area (Å²) in [7, 11) is 1.44. The van der Waals surface area contributed by atoms with Crippen molar-refractivity contribution in [1.82, 2.24) is 5.32 Å². The first kappa shape index (κ1) is 17.4. The smallest absolute Gasteiger partial charge is 0.312 e. The van der Waals surface area contributed by atoms with Crippen molar-refractivity contribution in [3.8, 4) is 0 Å². The fraction of sp³-hybridized carbons (Fsp3) is 0.933. The normalized spacial score (nSPS) is 11.9. The Hall–Kier alpha value is -0.570. The second-order valence-electron chi connectivity index (χ2n) is 6.15. The summed E-state index contributed by atoms with van der Waals surface area (Å²) in [6.45, 7) is 10.0. The van der Waals surface area contributed by atoms with Gasteiger partial charge >= 0.3 is 5.97 Å². The second kappa shape index (κ2) is 9.37. The zero-order valence-corrected chi connectivity index (χ0v) is 12.8. The van der Waals surface area contributed by atoms with Crippen LogP contribution in [0.25, 0.3) is 0 Å². The van der Waals surface area contributed by atoms with E-state index in [4.69, 9.17) is 4.74 Å². The van der Waals surface area contributed by atoms with Crippen LogP contribution in [0.3, 0.4) is 0 Å². The third kappa shape index (κ3) is 8.51. The first-order chi connectivity index (χ1) is 8.40. The molecule has 0 aromatic heterocycles. The predicted molar refractivity (Wildman–Crippen MR) is 76.6 cm³/mol. The lowest BCUT2D eigenvalue weighted by atomic mass is 9.94. The number of esters is 1. The highest BCUT2D eigenvalue weighted by molar-refractivity contribution is 5.75. The van der Waals surface area contributed by atoms with Crippen LogP contribution in [-0.4, -0.2) is 26.2 Å². The Morgan fingerprint density at radius 3 is 2.33 bits per heavy atom. The number of carbonyl (C=O) groups excluding carboxylic acids is 1. The van der Waals surface area contributed by atoms with E-state index >= 15 is 0 Å². The number of hydrogen-bond acceptors (Lipinski definition) is 3. The summed E-state index contributed by atoms with van der Waals surface area (Å²) < 4.78 is 4.77. The highest BCUT2D eigenvalue weighted by Crippen LogP contribution is 2.15. The summed E-state index contributed by atoms with van der Waals surface area (Å²) in [6.07, 6.45) is 6.46. The summed E-state index contributed by atoms with van der Waals surface area (Å²) in [5.41, 5.74) is -0.424. The van der Waals surface area contributed by atoms with Gasteiger partial charge in [-0.1, -0.05) is 39.5 Å². The number of nitrogens with one attached hydrogen (secondary N) is 1. The summed E-state index contributed by atoms with van der Waals surface area (Å²) >= 11 is 0. The van der Waals surface area contributed by atoms with Gasteiger partial charge < -0.3 is 10.1 Å². The van der Waals surface area contributed by atoms with Crippen LogP contribution in [0.2, 0.25) is 0 Å². The molecule has 0 aromatic carbocycles. The molecule has 0 saturated carbocycles. The first-order valence-corrected chi connectivity index (χ1v) is 7.19. The van der Waals surface area contributed by atoms with Gasteiger partial charge in [0, 0.05) is 6.54 Å². The maximum atomic E-state index is 11.4. The van der Waals surface area contributed by atoms with Crippen molar-refractivity contribution in [3.63, 3.8) is 0 Å². The molecule has 0 unspecified atom stereocenters. The van der Waals surface area contributed by atoms with Gasteiger partial charge in [0.2, 0.25) is 0 Å². The van der Waals surface area contributed by atoms with Crippen LogP contribution in [0.4, 0.5) is 0 Å². The Kier molecular flexibility index (Phi) is 9.08. The molecule has 0 radical (unpaired) electrons. The molecule has 0 aliphatic rings. The largest absolute Gasteiger partial charge is 0.469 e. The van der Waals surface area contributed by atoms with E-state index in [0.717, 1.165) is 12.5 Å². The molecule has 0 amide bonds. The van der Waals surface area contributed by atoms with Gasteiger partial charge in [-0.2, -0.15) is 0 Å². The van der Waals surface area contributed by atoms with E-state index in [1.807, 2.05) is 13.8 Å². The Morgan fingerprint density at radius 2 is 1.78 bits per heavy atom. The molecule has 0 bridgehead atoms. The van der Waals surface area contributed by atoms with Gasteiger partial charge in [-0.15, -0.1) is 0 Å². The Balaban J connectivity index is 3.43. The fourth-order valence-corrected chi connectivity index (χ4v) is 1.91. The van der Waals surface area contributed by atoms with Crippen LogP contribution in [-0.2, 0) is 9.53 Å². The van der Waals surface area contributed by atoms with Crippen LogP contribution in [0.1, 0.15) is 59.8 Å². The van der Waals surface area contributed by atoms with Crippen LogP contribution in [0.15, 0.2) is 0 Å². The minimum absolute atomic E-state index is 0.146. The number of ether oxygens (including phenoxy) is 1. The molecule has 0 aliphatic carbocycles. The van der Waals surface area contributed by atoms with Crippen molar-refractivity contribution in [2.75, 3.05) is 20.2 Å². The summed E-state index contributed by atoms with van der Waals surface area (Å²) in [6, 6.07) is 0. The average molecular weight is 257 g/mol. The molecule has 3 heteroatoms. The average Bonchev–Trinajstić information content (AvgIpc) is 2.30. The van der Waals surface area contributed by atoms with Gasteiger partial charge in [0.25, 0.3) is 0 Å². The first-order valence-electron chi connectivity index (χ1n) is 7.19. The molecular formula is C15H31NO2. The molecule has 3 nitrogen and oxygen atoms in total. The van der Waals surface area contributed by atoms with E-state index in [-0.39, 0.29) is 5.97 Å². The number of rotatable bonds is 10. The molecule has 0 heterocycles. The van der Waals surface area contributed by atoms with Crippen molar-refractivity contribution >= 4 is 5.97 Å². The lowest BCUT2D eigenvalue weighted by Crippen LogP contribution is -2.37. The van der Waals surface area contributed by atoms with E-state index in [2.05, 4.69) is 19.2 Å². The van der Waals surface area contributed by atoms with E-state index in [1.165, 1.54) is 39.2 Å². The minimum Gasteiger partial charge on any atom is -0.469 e. The summed E-state index contributed by atoms with van der Waals surface area (Å²) in [5.74, 6) is 0.677. The van der Waals surface area contributed by atoms with Gasteiger partial charge in [-0.3, -0.25) is 4.79 Å². The predicted octanol–water partition coefficient (Wildman–Crippen LogP) is 3.38. The number of unbranched alkanes of at least 4 members (excludes halogenated alkanes) is 3. The Morgan fingerprint density at radius 1 is 1.17 bits per heavy atom. The molecule has 0 atom stereocenters. The number of hydrogen-bond donors (Lipinski definition) is 1. The molecule has 0 fully saturated rings. The van der Waals surface area contributed by atoms with Crippen molar-refractivity contribution in [1.29, 1.82) is 0 Å². The van der Waals surface area contributed by atoms with E-state index in [1.54, 1.807) is 0 Å².